The van der Waals surface area contributed by atoms with Crippen LogP contribution < -0.4 is 10.5 Å². The number of imidazole rings is 1. The smallest absolute Gasteiger partial charge is 0.180 e. The molecule has 2 heterocycles. The lowest BCUT2D eigenvalue weighted by molar-refractivity contribution is 0.417. The van der Waals surface area contributed by atoms with Gasteiger partial charge in [0.05, 0.1) is 18.5 Å². The number of pyridine rings is 1. The molecule has 0 amide bonds. The Hall–Kier alpha value is -1.55. The van der Waals surface area contributed by atoms with Crippen LogP contribution in [-0.2, 0) is 6.54 Å². The van der Waals surface area contributed by atoms with E-state index in [0.717, 1.165) is 22.8 Å². The topological polar surface area (TPSA) is 52.5 Å². The van der Waals surface area contributed by atoms with E-state index in [-0.39, 0.29) is 0 Å². The first-order valence-corrected chi connectivity index (χ1v) is 5.43. The van der Waals surface area contributed by atoms with Gasteiger partial charge < -0.3 is 10.5 Å². The molecule has 86 valence electrons. The molecule has 2 N–H and O–H groups in total. The van der Waals surface area contributed by atoms with Crippen molar-refractivity contribution < 1.29 is 4.74 Å². The predicted molar refractivity (Wildman–Crippen MR) is 63.7 cm³/mol. The van der Waals surface area contributed by atoms with Crippen LogP contribution in [0, 0.1) is 0 Å². The molecule has 0 radical (unpaired) electrons. The van der Waals surface area contributed by atoms with Gasteiger partial charge in [-0.15, -0.1) is 0 Å². The normalized spacial score (nSPS) is 11.3. The van der Waals surface area contributed by atoms with Crippen molar-refractivity contribution in [3.05, 3.63) is 29.7 Å². The molecule has 4 nitrogen and oxygen atoms in total. The molecule has 0 aliphatic carbocycles. The van der Waals surface area contributed by atoms with Crippen molar-refractivity contribution in [2.45, 2.75) is 26.3 Å². The highest BCUT2D eigenvalue weighted by Gasteiger charge is 2.15. The molecule has 0 unspecified atom stereocenters. The highest BCUT2D eigenvalue weighted by atomic mass is 16.5. The van der Waals surface area contributed by atoms with Crippen molar-refractivity contribution in [3.8, 4) is 5.75 Å². The molecule has 0 saturated carbocycles. The van der Waals surface area contributed by atoms with Crippen LogP contribution in [0.15, 0.2) is 18.3 Å². The van der Waals surface area contributed by atoms with E-state index in [2.05, 4.69) is 18.8 Å². The molecule has 0 aliphatic heterocycles. The zero-order valence-corrected chi connectivity index (χ0v) is 9.90. The van der Waals surface area contributed by atoms with Gasteiger partial charge in [-0.2, -0.15) is 0 Å². The van der Waals surface area contributed by atoms with Gasteiger partial charge in [-0.05, 0) is 18.1 Å². The lowest BCUT2D eigenvalue weighted by atomic mass is 10.1. The molecule has 0 atom stereocenters. The third-order valence-electron chi connectivity index (χ3n) is 2.70. The van der Waals surface area contributed by atoms with E-state index in [9.17, 15) is 0 Å². The summed E-state index contributed by atoms with van der Waals surface area (Å²) in [6, 6.07) is 3.85. The Balaban J connectivity index is 2.75. The van der Waals surface area contributed by atoms with Gasteiger partial charge in [0.1, 0.15) is 0 Å². The van der Waals surface area contributed by atoms with Gasteiger partial charge in [0.15, 0.2) is 11.4 Å². The van der Waals surface area contributed by atoms with Crippen molar-refractivity contribution >= 4 is 5.65 Å². The quantitative estimate of drug-likeness (QED) is 0.858. The Morgan fingerprint density at radius 2 is 2.25 bits per heavy atom. The molecule has 0 fully saturated rings. The monoisotopic (exact) mass is 219 g/mol. The Labute approximate surface area is 95.0 Å². The van der Waals surface area contributed by atoms with E-state index in [4.69, 9.17) is 10.5 Å². The van der Waals surface area contributed by atoms with Gasteiger partial charge in [0, 0.05) is 12.7 Å². The maximum absolute atomic E-state index is 5.79. The number of nitrogens with two attached hydrogens (primary N) is 1. The van der Waals surface area contributed by atoms with Crippen molar-refractivity contribution in [2.75, 3.05) is 7.11 Å². The number of ether oxygens (including phenoxy) is 1. The summed E-state index contributed by atoms with van der Waals surface area (Å²) in [5.74, 6) is 1.15. The number of fused-ring (bicyclic) bond motifs is 1. The fraction of sp³-hybridized carbons (Fsp3) is 0.417. The summed E-state index contributed by atoms with van der Waals surface area (Å²) < 4.78 is 7.30. The van der Waals surface area contributed by atoms with Gasteiger partial charge in [0.2, 0.25) is 0 Å². The summed E-state index contributed by atoms with van der Waals surface area (Å²) in [5, 5.41) is 0. The summed E-state index contributed by atoms with van der Waals surface area (Å²) in [7, 11) is 1.65. The minimum absolute atomic E-state index is 0.364. The zero-order chi connectivity index (χ0) is 11.7. The highest BCUT2D eigenvalue weighted by Crippen LogP contribution is 2.25. The lowest BCUT2D eigenvalue weighted by Crippen LogP contribution is -2.05. The number of methoxy groups -OCH3 is 1. The maximum atomic E-state index is 5.79. The molecule has 0 bridgehead atoms. The van der Waals surface area contributed by atoms with Crippen molar-refractivity contribution in [3.63, 3.8) is 0 Å². The largest absolute Gasteiger partial charge is 0.493 e. The summed E-state index contributed by atoms with van der Waals surface area (Å²) in [6.45, 7) is 4.72. The van der Waals surface area contributed by atoms with Crippen LogP contribution in [0.4, 0.5) is 0 Å². The van der Waals surface area contributed by atoms with Crippen LogP contribution in [0.5, 0.6) is 5.75 Å². The van der Waals surface area contributed by atoms with Gasteiger partial charge in [0.25, 0.3) is 0 Å². The highest BCUT2D eigenvalue weighted by molar-refractivity contribution is 5.56. The van der Waals surface area contributed by atoms with Gasteiger partial charge in [-0.25, -0.2) is 4.98 Å². The summed E-state index contributed by atoms with van der Waals surface area (Å²) in [4.78, 5) is 4.61. The SMILES string of the molecule is COc1cccn2c(CN)c(C(C)C)nc12. The summed E-state index contributed by atoms with van der Waals surface area (Å²) in [6.07, 6.45) is 1.97. The number of nitrogens with zero attached hydrogens (tertiary/aromatic N) is 2. The molecular weight excluding hydrogens is 202 g/mol. The molecular formula is C12H17N3O. The fourth-order valence-corrected chi connectivity index (χ4v) is 1.93. The second kappa shape index (κ2) is 4.14. The molecule has 2 aromatic rings. The molecule has 0 saturated heterocycles. The van der Waals surface area contributed by atoms with Gasteiger partial charge in [-0.3, -0.25) is 4.40 Å². The molecule has 2 aromatic heterocycles. The van der Waals surface area contributed by atoms with Crippen molar-refractivity contribution in [1.82, 2.24) is 9.38 Å². The van der Waals surface area contributed by atoms with Gasteiger partial charge in [-0.1, -0.05) is 13.8 Å². The van der Waals surface area contributed by atoms with Crippen LogP contribution in [0.3, 0.4) is 0 Å². The number of rotatable bonds is 3. The van der Waals surface area contributed by atoms with Crippen molar-refractivity contribution in [2.24, 2.45) is 5.73 Å². The standard InChI is InChI=1S/C12H17N3O/c1-8(2)11-9(7-13)15-6-4-5-10(16-3)12(15)14-11/h4-6,8H,7,13H2,1-3H3. The van der Waals surface area contributed by atoms with Crippen LogP contribution in [0.1, 0.15) is 31.2 Å². The van der Waals surface area contributed by atoms with Crippen LogP contribution in [-0.4, -0.2) is 16.5 Å². The lowest BCUT2D eigenvalue weighted by Gasteiger charge is -2.04. The van der Waals surface area contributed by atoms with E-state index in [0.29, 0.717) is 12.5 Å². The minimum atomic E-state index is 0.364. The average Bonchev–Trinajstić information content (AvgIpc) is 2.67. The predicted octanol–water partition coefficient (Wildman–Crippen LogP) is 1.92. The zero-order valence-electron chi connectivity index (χ0n) is 9.90. The minimum Gasteiger partial charge on any atom is -0.493 e. The number of hydrogen-bond acceptors (Lipinski definition) is 3. The van der Waals surface area contributed by atoms with E-state index >= 15 is 0 Å². The average molecular weight is 219 g/mol. The van der Waals surface area contributed by atoms with E-state index < -0.39 is 0 Å². The maximum Gasteiger partial charge on any atom is 0.180 e. The Kier molecular flexibility index (Phi) is 2.83. The second-order valence-corrected chi connectivity index (χ2v) is 4.07. The first kappa shape index (κ1) is 11.0. The van der Waals surface area contributed by atoms with Crippen molar-refractivity contribution in [1.29, 1.82) is 0 Å². The van der Waals surface area contributed by atoms with E-state index in [1.807, 2.05) is 22.7 Å². The van der Waals surface area contributed by atoms with Crippen LogP contribution in [0.25, 0.3) is 5.65 Å². The van der Waals surface area contributed by atoms with Gasteiger partial charge >= 0.3 is 0 Å². The number of hydrogen-bond donors (Lipinski definition) is 1. The molecule has 2 rings (SSSR count). The Morgan fingerprint density at radius 3 is 2.81 bits per heavy atom. The third kappa shape index (κ3) is 1.55. The summed E-state index contributed by atoms with van der Waals surface area (Å²) in [5.41, 5.74) is 8.74. The third-order valence-corrected chi connectivity index (χ3v) is 2.70. The van der Waals surface area contributed by atoms with E-state index in [1.165, 1.54) is 0 Å². The summed E-state index contributed by atoms with van der Waals surface area (Å²) >= 11 is 0. The molecule has 16 heavy (non-hydrogen) atoms. The molecule has 4 heteroatoms. The fourth-order valence-electron chi connectivity index (χ4n) is 1.93. The molecule has 0 aliphatic rings. The molecule has 0 aromatic carbocycles. The second-order valence-electron chi connectivity index (χ2n) is 4.07. The number of aromatic nitrogens is 2. The Bertz CT molecular complexity index is 502. The Morgan fingerprint density at radius 1 is 1.50 bits per heavy atom. The van der Waals surface area contributed by atoms with E-state index in [1.54, 1.807) is 7.11 Å². The molecule has 0 spiro atoms. The first-order chi connectivity index (χ1) is 7.69. The first-order valence-electron chi connectivity index (χ1n) is 5.43. The van der Waals surface area contributed by atoms with Crippen LogP contribution in [0.2, 0.25) is 0 Å². The van der Waals surface area contributed by atoms with Crippen LogP contribution >= 0.6 is 0 Å².